The average molecular weight is 272 g/mol. The number of nitrogens with one attached hydrogen (secondary N) is 1. The van der Waals surface area contributed by atoms with Crippen LogP contribution in [-0.4, -0.2) is 23.6 Å². The molecule has 1 aliphatic rings. The highest BCUT2D eigenvalue weighted by Crippen LogP contribution is 2.29. The van der Waals surface area contributed by atoms with Crippen molar-refractivity contribution in [2.24, 2.45) is 5.92 Å². The van der Waals surface area contributed by atoms with Crippen LogP contribution in [0.2, 0.25) is 0 Å². The number of hydrogen-bond donors (Lipinski definition) is 1. The van der Waals surface area contributed by atoms with E-state index in [4.69, 9.17) is 0 Å². The molecule has 1 nitrogen and oxygen atoms in total. The lowest BCUT2D eigenvalue weighted by Crippen LogP contribution is -2.39. The van der Waals surface area contributed by atoms with Gasteiger partial charge in [-0.05, 0) is 37.5 Å². The molecule has 3 atom stereocenters. The van der Waals surface area contributed by atoms with Gasteiger partial charge in [-0.15, -0.1) is 0 Å². The van der Waals surface area contributed by atoms with Crippen molar-refractivity contribution in [3.05, 3.63) is 0 Å². The van der Waals surface area contributed by atoms with Crippen LogP contribution in [0.5, 0.6) is 0 Å². The van der Waals surface area contributed by atoms with Gasteiger partial charge in [-0.2, -0.15) is 11.8 Å². The van der Waals surface area contributed by atoms with Crippen LogP contribution >= 0.6 is 11.8 Å². The average Bonchev–Trinajstić information content (AvgIpc) is 2.36. The van der Waals surface area contributed by atoms with Gasteiger partial charge in [0, 0.05) is 11.3 Å². The van der Waals surface area contributed by atoms with Gasteiger partial charge in [-0.3, -0.25) is 0 Å². The van der Waals surface area contributed by atoms with E-state index in [1.807, 2.05) is 0 Å². The summed E-state index contributed by atoms with van der Waals surface area (Å²) in [6.45, 7) is 8.18. The third-order valence-electron chi connectivity index (χ3n) is 4.15. The predicted octanol–water partition coefficient (Wildman–Crippen LogP) is 4.86. The zero-order chi connectivity index (χ0) is 13.2. The third-order valence-corrected chi connectivity index (χ3v) is 5.90. The van der Waals surface area contributed by atoms with Gasteiger partial charge in [-0.25, -0.2) is 0 Å². The lowest BCUT2D eigenvalue weighted by molar-refractivity contribution is 0.399. The van der Waals surface area contributed by atoms with Crippen molar-refractivity contribution in [2.45, 2.75) is 83.4 Å². The minimum atomic E-state index is 0.777. The van der Waals surface area contributed by atoms with E-state index in [9.17, 15) is 0 Å². The Morgan fingerprint density at radius 3 is 2.50 bits per heavy atom. The molecule has 1 fully saturated rings. The van der Waals surface area contributed by atoms with Gasteiger partial charge >= 0.3 is 0 Å². The lowest BCUT2D eigenvalue weighted by atomic mass is 9.96. The summed E-state index contributed by atoms with van der Waals surface area (Å²) in [6.07, 6.45) is 11.2. The molecule has 0 aromatic carbocycles. The summed E-state index contributed by atoms with van der Waals surface area (Å²) < 4.78 is 0. The lowest BCUT2D eigenvalue weighted by Gasteiger charge is -2.30. The Kier molecular flexibility index (Phi) is 9.22. The topological polar surface area (TPSA) is 12.0 Å². The summed E-state index contributed by atoms with van der Waals surface area (Å²) >= 11 is 2.25. The maximum Gasteiger partial charge on any atom is 0.0201 e. The molecule has 0 aromatic heterocycles. The van der Waals surface area contributed by atoms with Crippen LogP contribution in [0, 0.1) is 5.92 Å². The van der Waals surface area contributed by atoms with Gasteiger partial charge in [0.1, 0.15) is 0 Å². The SMILES string of the molecule is CCCNC1CCCCCCC1SCC(C)CC. The fraction of sp³-hybridized carbons (Fsp3) is 1.00. The standard InChI is InChI=1S/C16H33NS/c1-4-12-17-15-10-8-6-7-9-11-16(15)18-13-14(3)5-2/h14-17H,4-13H2,1-3H3. The van der Waals surface area contributed by atoms with Gasteiger partial charge in [0.15, 0.2) is 0 Å². The molecule has 0 heterocycles. The molecule has 0 aliphatic heterocycles. The molecule has 1 N–H and O–H groups in total. The van der Waals surface area contributed by atoms with Crippen molar-refractivity contribution in [1.29, 1.82) is 0 Å². The van der Waals surface area contributed by atoms with E-state index in [1.54, 1.807) is 0 Å². The Hall–Kier alpha value is 0.310. The highest BCUT2D eigenvalue weighted by molar-refractivity contribution is 7.99. The van der Waals surface area contributed by atoms with Crippen molar-refractivity contribution in [3.63, 3.8) is 0 Å². The van der Waals surface area contributed by atoms with Crippen LogP contribution in [0.25, 0.3) is 0 Å². The van der Waals surface area contributed by atoms with E-state index < -0.39 is 0 Å². The fourth-order valence-electron chi connectivity index (χ4n) is 2.62. The summed E-state index contributed by atoms with van der Waals surface area (Å²) in [5.41, 5.74) is 0. The molecule has 18 heavy (non-hydrogen) atoms. The molecular weight excluding hydrogens is 238 g/mol. The summed E-state index contributed by atoms with van der Waals surface area (Å²) in [7, 11) is 0. The zero-order valence-corrected chi connectivity index (χ0v) is 13.5. The van der Waals surface area contributed by atoms with Gasteiger partial charge < -0.3 is 5.32 Å². The van der Waals surface area contributed by atoms with Gasteiger partial charge in [0.25, 0.3) is 0 Å². The molecule has 3 unspecified atom stereocenters. The first kappa shape index (κ1) is 16.4. The second-order valence-corrected chi connectivity index (χ2v) is 7.21. The molecular formula is C16H33NS. The predicted molar refractivity (Wildman–Crippen MR) is 85.5 cm³/mol. The van der Waals surface area contributed by atoms with Crippen molar-refractivity contribution in [3.8, 4) is 0 Å². The Balaban J connectivity index is 2.42. The quantitative estimate of drug-likeness (QED) is 0.710. The Morgan fingerprint density at radius 2 is 1.83 bits per heavy atom. The Bertz CT molecular complexity index is 194. The second-order valence-electron chi connectivity index (χ2n) is 5.94. The number of rotatable bonds is 7. The first-order chi connectivity index (χ1) is 8.77. The summed E-state index contributed by atoms with van der Waals surface area (Å²) in [5, 5.41) is 4.68. The van der Waals surface area contributed by atoms with E-state index in [1.165, 1.54) is 63.7 Å². The van der Waals surface area contributed by atoms with Crippen LogP contribution in [0.15, 0.2) is 0 Å². The van der Waals surface area contributed by atoms with Crippen molar-refractivity contribution in [1.82, 2.24) is 5.32 Å². The maximum absolute atomic E-state index is 3.81. The first-order valence-corrected chi connectivity index (χ1v) is 9.17. The van der Waals surface area contributed by atoms with Crippen molar-refractivity contribution >= 4 is 11.8 Å². The van der Waals surface area contributed by atoms with E-state index in [-0.39, 0.29) is 0 Å². The molecule has 0 radical (unpaired) electrons. The van der Waals surface area contributed by atoms with Crippen LogP contribution < -0.4 is 5.32 Å². The van der Waals surface area contributed by atoms with Gasteiger partial charge in [0.2, 0.25) is 0 Å². The molecule has 108 valence electrons. The third kappa shape index (κ3) is 6.47. The Morgan fingerprint density at radius 1 is 1.11 bits per heavy atom. The monoisotopic (exact) mass is 271 g/mol. The van der Waals surface area contributed by atoms with E-state index in [2.05, 4.69) is 37.8 Å². The normalized spacial score (nSPS) is 27.5. The molecule has 0 amide bonds. The van der Waals surface area contributed by atoms with E-state index in [0.717, 1.165) is 17.2 Å². The smallest absolute Gasteiger partial charge is 0.0201 e. The van der Waals surface area contributed by atoms with Gasteiger partial charge in [-0.1, -0.05) is 52.9 Å². The highest BCUT2D eigenvalue weighted by atomic mass is 32.2. The molecule has 1 saturated carbocycles. The molecule has 0 saturated heterocycles. The van der Waals surface area contributed by atoms with E-state index in [0.29, 0.717) is 0 Å². The largest absolute Gasteiger partial charge is 0.313 e. The molecule has 1 rings (SSSR count). The Labute approximate surface area is 119 Å². The minimum Gasteiger partial charge on any atom is -0.313 e. The summed E-state index contributed by atoms with van der Waals surface area (Å²) in [5.74, 6) is 2.23. The maximum atomic E-state index is 3.81. The first-order valence-electron chi connectivity index (χ1n) is 8.12. The second kappa shape index (κ2) is 10.1. The highest BCUT2D eigenvalue weighted by Gasteiger charge is 2.22. The minimum absolute atomic E-state index is 0.777. The molecule has 0 spiro atoms. The molecule has 1 aliphatic carbocycles. The van der Waals surface area contributed by atoms with Crippen LogP contribution in [0.3, 0.4) is 0 Å². The molecule has 2 heteroatoms. The number of thioether (sulfide) groups is 1. The summed E-state index contributed by atoms with van der Waals surface area (Å²) in [4.78, 5) is 0. The molecule has 0 bridgehead atoms. The summed E-state index contributed by atoms with van der Waals surface area (Å²) in [6, 6.07) is 0.777. The van der Waals surface area contributed by atoms with Crippen LogP contribution in [-0.2, 0) is 0 Å². The van der Waals surface area contributed by atoms with Crippen molar-refractivity contribution < 1.29 is 0 Å². The van der Waals surface area contributed by atoms with Crippen molar-refractivity contribution in [2.75, 3.05) is 12.3 Å². The molecule has 0 aromatic rings. The van der Waals surface area contributed by atoms with E-state index >= 15 is 0 Å². The van der Waals surface area contributed by atoms with Gasteiger partial charge in [0.05, 0.1) is 0 Å². The van der Waals surface area contributed by atoms with Crippen LogP contribution in [0.4, 0.5) is 0 Å². The fourth-order valence-corrected chi connectivity index (χ4v) is 4.23. The zero-order valence-electron chi connectivity index (χ0n) is 12.7. The van der Waals surface area contributed by atoms with Crippen LogP contribution in [0.1, 0.15) is 72.1 Å². The number of hydrogen-bond acceptors (Lipinski definition) is 2.